The largest absolute Gasteiger partial charge is 0.497 e. The molecule has 1 fully saturated rings. The summed E-state index contributed by atoms with van der Waals surface area (Å²) in [5, 5.41) is 14.8. The first-order chi connectivity index (χ1) is 14.3. The van der Waals surface area contributed by atoms with E-state index in [4.69, 9.17) is 24.5 Å². The average Bonchev–Trinajstić information content (AvgIpc) is 2.76. The number of piperazine rings is 1. The quantitative estimate of drug-likeness (QED) is 0.738. The third-order valence-corrected chi connectivity index (χ3v) is 4.71. The molecular formula is C22H26N2O6. The summed E-state index contributed by atoms with van der Waals surface area (Å²) in [6.45, 7) is 6.43. The molecule has 0 spiro atoms. The summed E-state index contributed by atoms with van der Waals surface area (Å²) in [7, 11) is 1.63. The molecule has 1 saturated heterocycles. The number of hydrogen-bond donors (Lipinski definition) is 2. The van der Waals surface area contributed by atoms with E-state index in [9.17, 15) is 4.79 Å². The Morgan fingerprint density at radius 1 is 0.867 bits per heavy atom. The van der Waals surface area contributed by atoms with Crippen LogP contribution >= 0.6 is 0 Å². The average molecular weight is 414 g/mol. The van der Waals surface area contributed by atoms with Crippen LogP contribution in [0, 0.1) is 6.92 Å². The molecule has 1 aliphatic heterocycles. The van der Waals surface area contributed by atoms with Gasteiger partial charge < -0.3 is 19.8 Å². The number of ether oxygens (including phenoxy) is 1. The van der Waals surface area contributed by atoms with Crippen LogP contribution in [0.4, 0.5) is 0 Å². The van der Waals surface area contributed by atoms with E-state index in [2.05, 4.69) is 36.1 Å². The van der Waals surface area contributed by atoms with Crippen molar-refractivity contribution in [3.8, 4) is 5.75 Å². The van der Waals surface area contributed by atoms with E-state index in [1.165, 1.54) is 11.1 Å². The first kappa shape index (κ1) is 22.9. The zero-order chi connectivity index (χ0) is 22.1. The Labute approximate surface area is 175 Å². The van der Waals surface area contributed by atoms with E-state index in [0.29, 0.717) is 0 Å². The lowest BCUT2D eigenvalue weighted by molar-refractivity contribution is -0.159. The van der Waals surface area contributed by atoms with Gasteiger partial charge in [0.2, 0.25) is 0 Å². The second-order valence-electron chi connectivity index (χ2n) is 6.89. The monoisotopic (exact) mass is 414 g/mol. The predicted molar refractivity (Wildman–Crippen MR) is 111 cm³/mol. The highest BCUT2D eigenvalue weighted by Crippen LogP contribution is 2.15. The van der Waals surface area contributed by atoms with E-state index in [1.54, 1.807) is 7.11 Å². The van der Waals surface area contributed by atoms with Gasteiger partial charge in [-0.25, -0.2) is 9.59 Å². The van der Waals surface area contributed by atoms with Crippen molar-refractivity contribution >= 4 is 17.8 Å². The molecule has 1 aliphatic rings. The fourth-order valence-electron chi connectivity index (χ4n) is 2.98. The number of nitrogens with zero attached hydrogens (tertiary/aromatic N) is 2. The number of amides is 1. The van der Waals surface area contributed by atoms with Crippen molar-refractivity contribution in [1.29, 1.82) is 0 Å². The molecule has 2 aromatic rings. The van der Waals surface area contributed by atoms with Crippen molar-refractivity contribution in [3.63, 3.8) is 0 Å². The Morgan fingerprint density at radius 3 is 1.87 bits per heavy atom. The first-order valence-electron chi connectivity index (χ1n) is 9.47. The summed E-state index contributed by atoms with van der Waals surface area (Å²) in [5.41, 5.74) is 3.34. The van der Waals surface area contributed by atoms with E-state index in [0.717, 1.165) is 44.0 Å². The van der Waals surface area contributed by atoms with Crippen LogP contribution < -0.4 is 4.74 Å². The number of carbonyl (C=O) groups is 3. The van der Waals surface area contributed by atoms with Crippen molar-refractivity contribution < 1.29 is 29.3 Å². The Hall–Kier alpha value is -3.39. The molecule has 8 heteroatoms. The van der Waals surface area contributed by atoms with Gasteiger partial charge in [-0.3, -0.25) is 9.69 Å². The topological polar surface area (TPSA) is 107 Å². The smallest absolute Gasteiger partial charge is 0.414 e. The fraction of sp³-hybridized carbons (Fsp3) is 0.318. The van der Waals surface area contributed by atoms with Crippen molar-refractivity contribution in [2.45, 2.75) is 13.5 Å². The van der Waals surface area contributed by atoms with Gasteiger partial charge >= 0.3 is 11.9 Å². The maximum Gasteiger partial charge on any atom is 0.414 e. The van der Waals surface area contributed by atoms with Gasteiger partial charge in [0.1, 0.15) is 5.75 Å². The fourth-order valence-corrected chi connectivity index (χ4v) is 2.98. The van der Waals surface area contributed by atoms with Gasteiger partial charge in [-0.15, -0.1) is 0 Å². The molecule has 0 saturated carbocycles. The minimum atomic E-state index is -1.82. The second kappa shape index (κ2) is 11.0. The standard InChI is InChI=1S/C20H24N2O2.C2H2O4/c1-16-3-5-17(6-4-16)15-21-11-13-22(14-12-21)20(23)18-7-9-19(24-2)10-8-18;3-1(4)2(5)6/h3-10H,11-15H2,1-2H3;(H,3,4)(H,5,6). The van der Waals surface area contributed by atoms with E-state index >= 15 is 0 Å². The van der Waals surface area contributed by atoms with Gasteiger partial charge in [-0.1, -0.05) is 29.8 Å². The first-order valence-corrected chi connectivity index (χ1v) is 9.47. The summed E-state index contributed by atoms with van der Waals surface area (Å²) in [6.07, 6.45) is 0. The molecule has 160 valence electrons. The number of aryl methyl sites for hydroxylation is 1. The zero-order valence-corrected chi connectivity index (χ0v) is 17.1. The minimum absolute atomic E-state index is 0.104. The van der Waals surface area contributed by atoms with Gasteiger partial charge in [-0.05, 0) is 36.8 Å². The Kier molecular flexibility index (Phi) is 8.37. The third kappa shape index (κ3) is 6.89. The Balaban J connectivity index is 0.000000469. The molecule has 0 atom stereocenters. The number of rotatable bonds is 4. The lowest BCUT2D eigenvalue weighted by Crippen LogP contribution is -2.48. The van der Waals surface area contributed by atoms with E-state index < -0.39 is 11.9 Å². The normalized spacial score (nSPS) is 13.7. The SMILES string of the molecule is COc1ccc(C(=O)N2CCN(Cc3ccc(C)cc3)CC2)cc1.O=C(O)C(=O)O. The van der Waals surface area contributed by atoms with Crippen LogP contribution in [-0.4, -0.2) is 71.1 Å². The van der Waals surface area contributed by atoms with Gasteiger partial charge in [-0.2, -0.15) is 0 Å². The number of carboxylic acid groups (broad SMARTS) is 2. The third-order valence-electron chi connectivity index (χ3n) is 4.71. The van der Waals surface area contributed by atoms with Crippen molar-refractivity contribution in [2.24, 2.45) is 0 Å². The number of benzene rings is 2. The molecule has 0 aromatic heterocycles. The van der Waals surface area contributed by atoms with E-state index in [-0.39, 0.29) is 5.91 Å². The maximum atomic E-state index is 12.6. The molecule has 2 N–H and O–H groups in total. The van der Waals surface area contributed by atoms with Crippen LogP contribution in [0.15, 0.2) is 48.5 Å². The second-order valence-corrected chi connectivity index (χ2v) is 6.89. The minimum Gasteiger partial charge on any atom is -0.497 e. The van der Waals surface area contributed by atoms with Gasteiger partial charge in [0.25, 0.3) is 5.91 Å². The molecule has 30 heavy (non-hydrogen) atoms. The number of carbonyl (C=O) groups excluding carboxylic acids is 1. The van der Waals surface area contributed by atoms with Crippen LogP contribution in [0.2, 0.25) is 0 Å². The summed E-state index contributed by atoms with van der Waals surface area (Å²) < 4.78 is 5.14. The highest BCUT2D eigenvalue weighted by molar-refractivity contribution is 6.27. The zero-order valence-electron chi connectivity index (χ0n) is 17.1. The van der Waals surface area contributed by atoms with Crippen molar-refractivity contribution in [1.82, 2.24) is 9.80 Å². The highest BCUT2D eigenvalue weighted by Gasteiger charge is 2.22. The molecule has 1 amide bonds. The molecule has 0 bridgehead atoms. The van der Waals surface area contributed by atoms with Gasteiger partial charge in [0.15, 0.2) is 0 Å². The molecule has 1 heterocycles. The van der Waals surface area contributed by atoms with Crippen LogP contribution in [0.25, 0.3) is 0 Å². The van der Waals surface area contributed by atoms with Gasteiger partial charge in [0, 0.05) is 38.3 Å². The lowest BCUT2D eigenvalue weighted by atomic mass is 10.1. The lowest BCUT2D eigenvalue weighted by Gasteiger charge is -2.34. The summed E-state index contributed by atoms with van der Waals surface area (Å²) in [5.74, 6) is -2.77. The van der Waals surface area contributed by atoms with Crippen molar-refractivity contribution in [3.05, 3.63) is 65.2 Å². The summed E-state index contributed by atoms with van der Waals surface area (Å²) in [6, 6.07) is 16.0. The molecule has 3 rings (SSSR count). The number of methoxy groups -OCH3 is 1. The highest BCUT2D eigenvalue weighted by atomic mass is 16.5. The van der Waals surface area contributed by atoms with Crippen molar-refractivity contribution in [2.75, 3.05) is 33.3 Å². The Bertz CT molecular complexity index is 844. The number of carboxylic acids is 2. The summed E-state index contributed by atoms with van der Waals surface area (Å²) >= 11 is 0. The Morgan fingerprint density at radius 2 is 1.40 bits per heavy atom. The molecule has 8 nitrogen and oxygen atoms in total. The predicted octanol–water partition coefficient (Wildman–Crippen LogP) is 2.12. The molecule has 0 unspecified atom stereocenters. The number of hydrogen-bond acceptors (Lipinski definition) is 5. The molecule has 0 aliphatic carbocycles. The van der Waals surface area contributed by atoms with Crippen LogP contribution in [0.3, 0.4) is 0 Å². The summed E-state index contributed by atoms with van der Waals surface area (Å²) in [4.78, 5) is 35.1. The van der Waals surface area contributed by atoms with Crippen LogP contribution in [0.5, 0.6) is 5.75 Å². The van der Waals surface area contributed by atoms with Crippen LogP contribution in [0.1, 0.15) is 21.5 Å². The van der Waals surface area contributed by atoms with E-state index in [1.807, 2.05) is 29.2 Å². The number of aliphatic carboxylic acids is 2. The maximum absolute atomic E-state index is 12.6. The molecular weight excluding hydrogens is 388 g/mol. The van der Waals surface area contributed by atoms with Gasteiger partial charge in [0.05, 0.1) is 7.11 Å². The molecule has 2 aromatic carbocycles. The molecule has 0 radical (unpaired) electrons. The van der Waals surface area contributed by atoms with Crippen LogP contribution in [-0.2, 0) is 16.1 Å².